The molecule has 1 aromatic rings. The fourth-order valence-electron chi connectivity index (χ4n) is 1.82. The highest BCUT2D eigenvalue weighted by Crippen LogP contribution is 2.12. The SMILES string of the molecule is CCNC(=O)CCNCc1cc(C)n(C)c1C. The van der Waals surface area contributed by atoms with E-state index in [1.54, 1.807) is 0 Å². The Morgan fingerprint density at radius 1 is 1.41 bits per heavy atom. The quantitative estimate of drug-likeness (QED) is 0.732. The van der Waals surface area contributed by atoms with E-state index in [1.807, 2.05) is 6.92 Å². The molecule has 4 heteroatoms. The van der Waals surface area contributed by atoms with Gasteiger partial charge < -0.3 is 15.2 Å². The highest BCUT2D eigenvalue weighted by molar-refractivity contribution is 5.75. The molecule has 0 spiro atoms. The van der Waals surface area contributed by atoms with Gasteiger partial charge in [-0.15, -0.1) is 0 Å². The molecule has 1 amide bonds. The number of hydrogen-bond acceptors (Lipinski definition) is 2. The van der Waals surface area contributed by atoms with Crippen LogP contribution in [0.5, 0.6) is 0 Å². The highest BCUT2D eigenvalue weighted by Gasteiger charge is 2.05. The van der Waals surface area contributed by atoms with Crippen LogP contribution in [0.3, 0.4) is 0 Å². The molecule has 0 aliphatic rings. The van der Waals surface area contributed by atoms with Crippen molar-refractivity contribution < 1.29 is 4.79 Å². The molecule has 0 aliphatic heterocycles. The van der Waals surface area contributed by atoms with Crippen LogP contribution in [0, 0.1) is 13.8 Å². The van der Waals surface area contributed by atoms with E-state index in [2.05, 4.69) is 42.2 Å². The average molecular weight is 237 g/mol. The molecule has 0 saturated heterocycles. The van der Waals surface area contributed by atoms with E-state index in [9.17, 15) is 4.79 Å². The lowest BCUT2D eigenvalue weighted by Crippen LogP contribution is -2.27. The van der Waals surface area contributed by atoms with Gasteiger partial charge in [-0.05, 0) is 32.4 Å². The average Bonchev–Trinajstić information content (AvgIpc) is 2.53. The smallest absolute Gasteiger partial charge is 0.221 e. The van der Waals surface area contributed by atoms with Crippen molar-refractivity contribution in [3.05, 3.63) is 23.0 Å². The Balaban J connectivity index is 2.31. The largest absolute Gasteiger partial charge is 0.356 e. The standard InChI is InChI=1S/C13H23N3O/c1-5-15-13(17)6-7-14-9-12-8-10(2)16(4)11(12)3/h8,14H,5-7,9H2,1-4H3,(H,15,17). The van der Waals surface area contributed by atoms with Gasteiger partial charge in [-0.2, -0.15) is 0 Å². The molecular formula is C13H23N3O. The third-order valence-electron chi connectivity index (χ3n) is 3.10. The number of aryl methyl sites for hydroxylation is 1. The highest BCUT2D eigenvalue weighted by atomic mass is 16.1. The molecule has 0 fully saturated rings. The number of hydrogen-bond donors (Lipinski definition) is 2. The van der Waals surface area contributed by atoms with E-state index in [0.29, 0.717) is 13.0 Å². The Labute approximate surface area is 103 Å². The third kappa shape index (κ3) is 3.89. The molecule has 96 valence electrons. The van der Waals surface area contributed by atoms with Crippen LogP contribution in [0.4, 0.5) is 0 Å². The van der Waals surface area contributed by atoms with Crippen molar-refractivity contribution in [3.63, 3.8) is 0 Å². The maximum atomic E-state index is 11.2. The minimum absolute atomic E-state index is 0.112. The molecule has 2 N–H and O–H groups in total. The van der Waals surface area contributed by atoms with Crippen LogP contribution in [0.1, 0.15) is 30.3 Å². The second-order valence-corrected chi connectivity index (χ2v) is 4.34. The topological polar surface area (TPSA) is 46.1 Å². The molecule has 0 aromatic carbocycles. The van der Waals surface area contributed by atoms with Gasteiger partial charge in [0.1, 0.15) is 0 Å². The van der Waals surface area contributed by atoms with Gasteiger partial charge in [0, 0.05) is 44.5 Å². The lowest BCUT2D eigenvalue weighted by atomic mass is 10.2. The number of carbonyl (C=O) groups excluding carboxylic acids is 1. The zero-order chi connectivity index (χ0) is 12.8. The van der Waals surface area contributed by atoms with E-state index >= 15 is 0 Å². The molecule has 1 heterocycles. The van der Waals surface area contributed by atoms with Gasteiger partial charge in [0.15, 0.2) is 0 Å². The van der Waals surface area contributed by atoms with E-state index in [0.717, 1.165) is 13.1 Å². The Bertz CT molecular complexity index is 382. The van der Waals surface area contributed by atoms with Crippen molar-refractivity contribution in [2.75, 3.05) is 13.1 Å². The van der Waals surface area contributed by atoms with Gasteiger partial charge in [-0.25, -0.2) is 0 Å². The minimum atomic E-state index is 0.112. The van der Waals surface area contributed by atoms with Crippen LogP contribution in [-0.4, -0.2) is 23.6 Å². The number of rotatable bonds is 6. The molecule has 1 rings (SSSR count). The van der Waals surface area contributed by atoms with Crippen molar-refractivity contribution in [2.45, 2.75) is 33.7 Å². The van der Waals surface area contributed by atoms with Crippen molar-refractivity contribution in [2.24, 2.45) is 7.05 Å². The summed E-state index contributed by atoms with van der Waals surface area (Å²) in [5.74, 6) is 0.112. The van der Waals surface area contributed by atoms with Crippen LogP contribution in [0.2, 0.25) is 0 Å². The van der Waals surface area contributed by atoms with Crippen molar-refractivity contribution in [3.8, 4) is 0 Å². The molecule has 17 heavy (non-hydrogen) atoms. The molecule has 0 aliphatic carbocycles. The lowest BCUT2D eigenvalue weighted by Gasteiger charge is -2.05. The van der Waals surface area contributed by atoms with E-state index in [-0.39, 0.29) is 5.91 Å². The summed E-state index contributed by atoms with van der Waals surface area (Å²) in [7, 11) is 2.07. The molecule has 0 saturated carbocycles. The van der Waals surface area contributed by atoms with Crippen molar-refractivity contribution >= 4 is 5.91 Å². The summed E-state index contributed by atoms with van der Waals surface area (Å²) in [6, 6.07) is 2.19. The van der Waals surface area contributed by atoms with Crippen LogP contribution in [0.25, 0.3) is 0 Å². The van der Waals surface area contributed by atoms with E-state index < -0.39 is 0 Å². The predicted octanol–water partition coefficient (Wildman–Crippen LogP) is 1.26. The number of carbonyl (C=O) groups is 1. The first-order valence-electron chi connectivity index (χ1n) is 6.15. The van der Waals surface area contributed by atoms with Crippen LogP contribution < -0.4 is 10.6 Å². The second-order valence-electron chi connectivity index (χ2n) is 4.34. The van der Waals surface area contributed by atoms with Gasteiger partial charge in [0.2, 0.25) is 5.91 Å². The molecule has 4 nitrogen and oxygen atoms in total. The fourth-order valence-corrected chi connectivity index (χ4v) is 1.82. The maximum Gasteiger partial charge on any atom is 0.221 e. The van der Waals surface area contributed by atoms with E-state index in [1.165, 1.54) is 17.0 Å². The minimum Gasteiger partial charge on any atom is -0.356 e. The molecule has 0 bridgehead atoms. The normalized spacial score (nSPS) is 10.6. The zero-order valence-corrected chi connectivity index (χ0v) is 11.3. The maximum absolute atomic E-state index is 11.2. The number of nitrogens with one attached hydrogen (secondary N) is 2. The monoisotopic (exact) mass is 237 g/mol. The molecule has 0 atom stereocenters. The summed E-state index contributed by atoms with van der Waals surface area (Å²) < 4.78 is 2.18. The Kier molecular flexibility index (Phi) is 5.22. The summed E-state index contributed by atoms with van der Waals surface area (Å²) >= 11 is 0. The fraction of sp³-hybridized carbons (Fsp3) is 0.615. The second kappa shape index (κ2) is 6.45. The summed E-state index contributed by atoms with van der Waals surface area (Å²) in [4.78, 5) is 11.2. The lowest BCUT2D eigenvalue weighted by molar-refractivity contribution is -0.120. The van der Waals surface area contributed by atoms with Gasteiger partial charge in [0.25, 0.3) is 0 Å². The first-order valence-corrected chi connectivity index (χ1v) is 6.15. The number of amides is 1. The van der Waals surface area contributed by atoms with Gasteiger partial charge >= 0.3 is 0 Å². The van der Waals surface area contributed by atoms with Gasteiger partial charge in [0.05, 0.1) is 0 Å². The van der Waals surface area contributed by atoms with Gasteiger partial charge in [-0.1, -0.05) is 0 Å². The molecule has 0 unspecified atom stereocenters. The number of aromatic nitrogens is 1. The molecule has 1 aromatic heterocycles. The Morgan fingerprint density at radius 3 is 2.65 bits per heavy atom. The first-order chi connectivity index (χ1) is 8.06. The molecule has 0 radical (unpaired) electrons. The van der Waals surface area contributed by atoms with Gasteiger partial charge in [-0.3, -0.25) is 4.79 Å². The third-order valence-corrected chi connectivity index (χ3v) is 3.10. The summed E-state index contributed by atoms with van der Waals surface area (Å²) in [5, 5.41) is 6.08. The van der Waals surface area contributed by atoms with E-state index in [4.69, 9.17) is 0 Å². The Morgan fingerprint density at radius 2 is 2.12 bits per heavy atom. The summed E-state index contributed by atoms with van der Waals surface area (Å²) in [5.41, 5.74) is 3.86. The predicted molar refractivity (Wildman–Crippen MR) is 69.9 cm³/mol. The first kappa shape index (κ1) is 13.8. The zero-order valence-electron chi connectivity index (χ0n) is 11.3. The summed E-state index contributed by atoms with van der Waals surface area (Å²) in [6.07, 6.45) is 0.540. The van der Waals surface area contributed by atoms with Crippen LogP contribution in [0.15, 0.2) is 6.07 Å². The van der Waals surface area contributed by atoms with Crippen LogP contribution >= 0.6 is 0 Å². The van der Waals surface area contributed by atoms with Crippen molar-refractivity contribution in [1.82, 2.24) is 15.2 Å². The molecular weight excluding hydrogens is 214 g/mol. The summed E-state index contributed by atoms with van der Waals surface area (Å²) in [6.45, 7) is 8.41. The van der Waals surface area contributed by atoms with Crippen molar-refractivity contribution in [1.29, 1.82) is 0 Å². The number of nitrogens with zero attached hydrogens (tertiary/aromatic N) is 1. The van der Waals surface area contributed by atoms with Crippen LogP contribution in [-0.2, 0) is 18.4 Å². The Hall–Kier alpha value is -1.29.